The van der Waals surface area contributed by atoms with Crippen molar-refractivity contribution in [2.75, 3.05) is 11.1 Å². The Morgan fingerprint density at radius 1 is 1.50 bits per heavy atom. The summed E-state index contributed by atoms with van der Waals surface area (Å²) >= 11 is 0. The first kappa shape index (κ1) is 10.4. The highest BCUT2D eigenvalue weighted by Crippen LogP contribution is 2.24. The molecule has 0 spiro atoms. The molecule has 2 aromatic heterocycles. The van der Waals surface area contributed by atoms with Gasteiger partial charge in [0.25, 0.3) is 0 Å². The summed E-state index contributed by atoms with van der Waals surface area (Å²) in [6.07, 6.45) is 0. The number of nitrogens with two attached hydrogens (primary N) is 1. The molecule has 4 N–H and O–H groups in total. The van der Waals surface area contributed by atoms with Gasteiger partial charge < -0.3 is 11.1 Å². The van der Waals surface area contributed by atoms with Crippen molar-refractivity contribution in [1.29, 1.82) is 0 Å². The molecule has 0 aliphatic carbocycles. The third-order valence-electron chi connectivity index (χ3n) is 2.37. The summed E-state index contributed by atoms with van der Waals surface area (Å²) in [4.78, 5) is 0. The minimum Gasteiger partial charge on any atom is -0.394 e. The Morgan fingerprint density at radius 3 is 2.75 bits per heavy atom. The Balaban J connectivity index is 2.21. The molecule has 0 aliphatic heterocycles. The molecule has 16 heavy (non-hydrogen) atoms. The second-order valence-electron chi connectivity index (χ2n) is 3.61. The lowest BCUT2D eigenvalue weighted by Gasteiger charge is -2.12. The third kappa shape index (κ3) is 1.69. The fraction of sp³-hybridized carbons (Fsp3) is 0.500. The number of aromatic amines is 1. The molecular weight excluding hydrogens is 208 g/mol. The van der Waals surface area contributed by atoms with Crippen molar-refractivity contribution in [3.05, 3.63) is 11.5 Å². The van der Waals surface area contributed by atoms with Gasteiger partial charge in [-0.15, -0.1) is 10.2 Å². The monoisotopic (exact) mass is 222 g/mol. The molecule has 2 rings (SSSR count). The van der Waals surface area contributed by atoms with Crippen LogP contribution in [-0.4, -0.2) is 30.4 Å². The van der Waals surface area contributed by atoms with Crippen LogP contribution in [-0.2, 0) is 7.05 Å². The van der Waals surface area contributed by atoms with Crippen LogP contribution >= 0.6 is 0 Å². The highest BCUT2D eigenvalue weighted by molar-refractivity contribution is 5.64. The van der Waals surface area contributed by atoms with Gasteiger partial charge in [0.15, 0.2) is 5.82 Å². The average molecular weight is 222 g/mol. The SMILES string of the molecule is Cc1nn(C)c(NC(C)c2nn[nH]n2)c1N. The maximum Gasteiger partial charge on any atom is 0.196 e. The van der Waals surface area contributed by atoms with Gasteiger partial charge in [-0.2, -0.15) is 10.3 Å². The first-order valence-electron chi connectivity index (χ1n) is 4.88. The summed E-state index contributed by atoms with van der Waals surface area (Å²) in [6.45, 7) is 3.78. The van der Waals surface area contributed by atoms with Crippen molar-refractivity contribution in [3.63, 3.8) is 0 Å². The maximum absolute atomic E-state index is 5.90. The number of aryl methyl sites for hydroxylation is 2. The quantitative estimate of drug-likeness (QED) is 0.674. The summed E-state index contributed by atoms with van der Waals surface area (Å²) in [7, 11) is 1.83. The summed E-state index contributed by atoms with van der Waals surface area (Å²) in [5, 5.41) is 21.1. The number of nitrogens with zero attached hydrogens (tertiary/aromatic N) is 5. The average Bonchev–Trinajstić information content (AvgIpc) is 2.83. The van der Waals surface area contributed by atoms with E-state index in [1.807, 2.05) is 20.9 Å². The summed E-state index contributed by atoms with van der Waals surface area (Å²) < 4.78 is 1.70. The zero-order chi connectivity index (χ0) is 11.7. The molecule has 0 amide bonds. The predicted octanol–water partition coefficient (Wildman–Crippen LogP) is -0.00308. The molecule has 8 nitrogen and oxygen atoms in total. The van der Waals surface area contributed by atoms with Gasteiger partial charge in [-0.25, -0.2) is 0 Å². The molecule has 0 saturated heterocycles. The van der Waals surface area contributed by atoms with E-state index in [1.54, 1.807) is 4.68 Å². The summed E-state index contributed by atoms with van der Waals surface area (Å²) in [6, 6.07) is -0.0872. The van der Waals surface area contributed by atoms with Crippen molar-refractivity contribution >= 4 is 11.5 Å². The van der Waals surface area contributed by atoms with Crippen molar-refractivity contribution in [2.45, 2.75) is 19.9 Å². The van der Waals surface area contributed by atoms with Crippen LogP contribution in [0.5, 0.6) is 0 Å². The summed E-state index contributed by atoms with van der Waals surface area (Å²) in [5.41, 5.74) is 7.33. The molecule has 8 heteroatoms. The van der Waals surface area contributed by atoms with E-state index in [4.69, 9.17) is 5.73 Å². The largest absolute Gasteiger partial charge is 0.394 e. The van der Waals surface area contributed by atoms with E-state index < -0.39 is 0 Å². The molecule has 0 aromatic carbocycles. The second kappa shape index (κ2) is 3.80. The number of anilines is 2. The van der Waals surface area contributed by atoms with E-state index in [0.717, 1.165) is 11.5 Å². The molecule has 86 valence electrons. The normalized spacial score (nSPS) is 12.7. The number of nitrogens with one attached hydrogen (secondary N) is 2. The lowest BCUT2D eigenvalue weighted by atomic mass is 10.3. The lowest BCUT2D eigenvalue weighted by Crippen LogP contribution is -2.12. The highest BCUT2D eigenvalue weighted by atomic mass is 15.5. The van der Waals surface area contributed by atoms with Crippen molar-refractivity contribution in [1.82, 2.24) is 30.4 Å². The molecular formula is C8H14N8. The minimum atomic E-state index is -0.0872. The Hall–Kier alpha value is -2.12. The van der Waals surface area contributed by atoms with Gasteiger partial charge in [0.05, 0.1) is 17.4 Å². The van der Waals surface area contributed by atoms with Gasteiger partial charge in [-0.1, -0.05) is 5.21 Å². The number of rotatable bonds is 3. The van der Waals surface area contributed by atoms with Crippen LogP contribution in [0.2, 0.25) is 0 Å². The number of hydrogen-bond acceptors (Lipinski definition) is 6. The molecule has 1 unspecified atom stereocenters. The highest BCUT2D eigenvalue weighted by Gasteiger charge is 2.15. The van der Waals surface area contributed by atoms with Crippen LogP contribution < -0.4 is 11.1 Å². The summed E-state index contributed by atoms with van der Waals surface area (Å²) in [5.74, 6) is 1.34. The van der Waals surface area contributed by atoms with E-state index in [2.05, 4.69) is 31.0 Å². The molecule has 2 aromatic rings. The molecule has 1 atom stereocenters. The Morgan fingerprint density at radius 2 is 2.25 bits per heavy atom. The van der Waals surface area contributed by atoms with E-state index >= 15 is 0 Å². The number of H-pyrrole nitrogens is 1. The van der Waals surface area contributed by atoms with Gasteiger partial charge in [0.1, 0.15) is 5.82 Å². The number of aromatic nitrogens is 6. The number of nitrogen functional groups attached to an aromatic ring is 1. The first-order chi connectivity index (χ1) is 7.59. The van der Waals surface area contributed by atoms with Crippen molar-refractivity contribution in [2.24, 2.45) is 7.05 Å². The Kier molecular flexibility index (Phi) is 2.47. The Bertz CT molecular complexity index is 470. The minimum absolute atomic E-state index is 0.0872. The topological polar surface area (TPSA) is 110 Å². The van der Waals surface area contributed by atoms with Gasteiger partial charge in [0, 0.05) is 7.05 Å². The maximum atomic E-state index is 5.90. The molecule has 0 saturated carbocycles. The Labute approximate surface area is 92.2 Å². The fourth-order valence-corrected chi connectivity index (χ4v) is 1.47. The van der Waals surface area contributed by atoms with Crippen molar-refractivity contribution < 1.29 is 0 Å². The van der Waals surface area contributed by atoms with Crippen LogP contribution in [0, 0.1) is 6.92 Å². The second-order valence-corrected chi connectivity index (χ2v) is 3.61. The van der Waals surface area contributed by atoms with E-state index in [-0.39, 0.29) is 6.04 Å². The van der Waals surface area contributed by atoms with Crippen LogP contribution in [0.15, 0.2) is 0 Å². The van der Waals surface area contributed by atoms with Crippen LogP contribution in [0.1, 0.15) is 24.5 Å². The van der Waals surface area contributed by atoms with Crippen LogP contribution in [0.3, 0.4) is 0 Å². The molecule has 2 heterocycles. The number of tetrazole rings is 1. The predicted molar refractivity (Wildman–Crippen MR) is 58.6 cm³/mol. The van der Waals surface area contributed by atoms with Crippen LogP contribution in [0.25, 0.3) is 0 Å². The van der Waals surface area contributed by atoms with Gasteiger partial charge >= 0.3 is 0 Å². The molecule has 0 radical (unpaired) electrons. The zero-order valence-electron chi connectivity index (χ0n) is 9.39. The van der Waals surface area contributed by atoms with Gasteiger partial charge in [-0.3, -0.25) is 4.68 Å². The smallest absolute Gasteiger partial charge is 0.196 e. The lowest BCUT2D eigenvalue weighted by molar-refractivity contribution is 0.726. The van der Waals surface area contributed by atoms with Gasteiger partial charge in [0.2, 0.25) is 0 Å². The zero-order valence-corrected chi connectivity index (χ0v) is 9.39. The standard InChI is InChI=1S/C8H14N8/c1-4-6(9)8(16(3)13-4)10-5(2)7-11-14-15-12-7/h5,10H,9H2,1-3H3,(H,11,12,14,15). The molecule has 0 aliphatic rings. The van der Waals surface area contributed by atoms with Crippen molar-refractivity contribution in [3.8, 4) is 0 Å². The number of hydrogen-bond donors (Lipinski definition) is 3. The molecule has 0 fully saturated rings. The van der Waals surface area contributed by atoms with Crippen LogP contribution in [0.4, 0.5) is 11.5 Å². The van der Waals surface area contributed by atoms with E-state index in [1.165, 1.54) is 0 Å². The first-order valence-corrected chi connectivity index (χ1v) is 4.88. The van der Waals surface area contributed by atoms with E-state index in [9.17, 15) is 0 Å². The van der Waals surface area contributed by atoms with E-state index in [0.29, 0.717) is 11.5 Å². The molecule has 0 bridgehead atoms. The fourth-order valence-electron chi connectivity index (χ4n) is 1.47. The third-order valence-corrected chi connectivity index (χ3v) is 2.37. The van der Waals surface area contributed by atoms with Gasteiger partial charge in [-0.05, 0) is 13.8 Å².